The van der Waals surface area contributed by atoms with Crippen molar-refractivity contribution in [2.45, 2.75) is 56.8 Å². The maximum absolute atomic E-state index is 13.9. The lowest BCUT2D eigenvalue weighted by Crippen LogP contribution is -2.77. The highest BCUT2D eigenvalue weighted by Gasteiger charge is 2.72. The predicted octanol–water partition coefficient (Wildman–Crippen LogP) is -0.0877. The van der Waals surface area contributed by atoms with Crippen LogP contribution >= 0.6 is 0 Å². The van der Waals surface area contributed by atoms with Crippen molar-refractivity contribution in [2.75, 3.05) is 14.1 Å². The molecule has 0 aromatic heterocycles. The first-order chi connectivity index (χ1) is 16.7. The molecular weight excluding hydrogens is 468 g/mol. The Bertz CT molecular complexity index is 1190. The third-order valence-corrected chi connectivity index (χ3v) is 8.66. The van der Waals surface area contributed by atoms with Gasteiger partial charge >= 0.3 is 0 Å². The molecule has 1 amide bonds. The minimum atomic E-state index is -2.99. The van der Waals surface area contributed by atoms with Gasteiger partial charge in [0.2, 0.25) is 5.91 Å². The van der Waals surface area contributed by atoms with Crippen molar-refractivity contribution in [3.8, 4) is 5.75 Å². The summed E-state index contributed by atoms with van der Waals surface area (Å²) in [6, 6.07) is 2.03. The van der Waals surface area contributed by atoms with Gasteiger partial charge in [-0.25, -0.2) is 0 Å². The number of carbonyl (C=O) groups is 5. The van der Waals surface area contributed by atoms with Crippen LogP contribution in [0.5, 0.6) is 5.75 Å². The van der Waals surface area contributed by atoms with E-state index in [1.54, 1.807) is 19.1 Å². The van der Waals surface area contributed by atoms with Gasteiger partial charge in [-0.1, -0.05) is 32.9 Å². The lowest BCUT2D eigenvalue weighted by Gasteiger charge is -2.56. The summed E-state index contributed by atoms with van der Waals surface area (Å²) in [7, 11) is 2.92. The lowest BCUT2D eigenvalue weighted by atomic mass is 9.49. The molecule has 0 bridgehead atoms. The number of hydrogen-bond donors (Lipinski definition) is 4. The fourth-order valence-electron chi connectivity index (χ4n) is 6.62. The van der Waals surface area contributed by atoms with E-state index in [9.17, 15) is 39.3 Å². The molecule has 10 nitrogen and oxygen atoms in total. The summed E-state index contributed by atoms with van der Waals surface area (Å²) < 4.78 is 0. The van der Waals surface area contributed by atoms with Gasteiger partial charge in [-0.05, 0) is 43.5 Å². The highest BCUT2D eigenvalue weighted by atomic mass is 16.3. The van der Waals surface area contributed by atoms with E-state index >= 15 is 0 Å². The Morgan fingerprint density at radius 1 is 1.17 bits per heavy atom. The summed E-state index contributed by atoms with van der Waals surface area (Å²) in [4.78, 5) is 67.5. The summed E-state index contributed by atoms with van der Waals surface area (Å²) in [6.45, 7) is 5.50. The third-order valence-electron chi connectivity index (χ3n) is 8.66. The van der Waals surface area contributed by atoms with Gasteiger partial charge in [0.15, 0.2) is 34.7 Å². The van der Waals surface area contributed by atoms with E-state index in [2.05, 4.69) is 0 Å². The Morgan fingerprint density at radius 2 is 1.78 bits per heavy atom. The summed E-state index contributed by atoms with van der Waals surface area (Å²) in [5.74, 6) is -13.1. The number of hydrogen-bond acceptors (Lipinski definition) is 9. The van der Waals surface area contributed by atoms with Crippen LogP contribution in [0.3, 0.4) is 0 Å². The van der Waals surface area contributed by atoms with Crippen LogP contribution in [0.4, 0.5) is 0 Å². The number of ketones is 4. The molecule has 2 saturated carbocycles. The molecule has 5 N–H and O–H groups in total. The molecule has 1 aromatic carbocycles. The van der Waals surface area contributed by atoms with Crippen molar-refractivity contribution in [1.29, 1.82) is 0 Å². The number of Topliss-reactive ketones (excluding diaryl/α,β-unsaturated/α-hetero) is 4. The molecule has 194 valence electrons. The van der Waals surface area contributed by atoms with E-state index in [0.717, 1.165) is 0 Å². The number of aliphatic hydroxyl groups is 2. The van der Waals surface area contributed by atoms with Crippen LogP contribution in [0.25, 0.3) is 0 Å². The van der Waals surface area contributed by atoms with E-state index in [-0.39, 0.29) is 17.2 Å². The molecule has 3 aliphatic carbocycles. The first-order valence-corrected chi connectivity index (χ1v) is 12.1. The fraction of sp³-hybridized carbons (Fsp3) is 0.577. The molecular formula is C26H32N2O8. The zero-order valence-corrected chi connectivity index (χ0v) is 20.9. The number of aromatic hydroxyl groups is 1. The highest BCUT2D eigenvalue weighted by Crippen LogP contribution is 2.55. The Morgan fingerprint density at radius 3 is 2.31 bits per heavy atom. The van der Waals surface area contributed by atoms with Gasteiger partial charge < -0.3 is 21.1 Å². The molecule has 3 aliphatic rings. The number of primary amides is 1. The summed E-state index contributed by atoms with van der Waals surface area (Å²) in [5.41, 5.74) is 3.22. The summed E-state index contributed by atoms with van der Waals surface area (Å²) in [5, 5.41) is 34.2. The van der Waals surface area contributed by atoms with Gasteiger partial charge in [0.25, 0.3) is 0 Å². The lowest BCUT2D eigenvalue weighted by molar-refractivity contribution is -0.196. The number of phenols is 1. The van der Waals surface area contributed by atoms with E-state index in [1.165, 1.54) is 19.0 Å². The Kier molecular flexibility index (Phi) is 6.22. The van der Waals surface area contributed by atoms with Gasteiger partial charge in [-0.15, -0.1) is 0 Å². The number of nitrogens with two attached hydrogens (primary N) is 1. The molecule has 9 unspecified atom stereocenters. The van der Waals surface area contributed by atoms with Crippen LogP contribution in [0.15, 0.2) is 12.1 Å². The Labute approximate surface area is 208 Å². The average molecular weight is 501 g/mol. The van der Waals surface area contributed by atoms with E-state index < -0.39 is 76.4 Å². The van der Waals surface area contributed by atoms with E-state index in [4.69, 9.17) is 5.73 Å². The molecule has 0 saturated heterocycles. The zero-order valence-electron chi connectivity index (χ0n) is 20.9. The van der Waals surface area contributed by atoms with Gasteiger partial charge in [0.05, 0.1) is 29.5 Å². The molecule has 0 aliphatic heterocycles. The second-order valence-electron chi connectivity index (χ2n) is 10.6. The van der Waals surface area contributed by atoms with E-state index in [1.807, 2.05) is 13.8 Å². The van der Waals surface area contributed by atoms with Crippen LogP contribution < -0.4 is 5.73 Å². The molecule has 9 atom stereocenters. The topological polar surface area (TPSA) is 175 Å². The van der Waals surface area contributed by atoms with E-state index in [0.29, 0.717) is 17.5 Å². The number of rotatable bonds is 4. The molecule has 1 aromatic rings. The molecule has 0 spiro atoms. The average Bonchev–Trinajstić information content (AvgIpc) is 2.80. The van der Waals surface area contributed by atoms with Crippen LogP contribution in [0.1, 0.15) is 60.5 Å². The number of aliphatic hydroxyl groups excluding tert-OH is 1. The number of carbonyl (C=O) groups excluding carboxylic acids is 5. The second-order valence-corrected chi connectivity index (χ2v) is 10.6. The van der Waals surface area contributed by atoms with Crippen molar-refractivity contribution in [3.63, 3.8) is 0 Å². The van der Waals surface area contributed by atoms with Crippen LogP contribution in [-0.2, 0) is 19.2 Å². The zero-order chi connectivity index (χ0) is 27.0. The quantitative estimate of drug-likeness (QED) is 0.412. The smallest absolute Gasteiger partial charge is 0.235 e. The number of likely N-dealkylation sites (N-methyl/N-ethyl adjacent to an activating group) is 1. The standard InChI is InChI=1S/C26H32N2O8/c1-6-9(2)11-7-8-12-10(3)13-15(20(30)14(12)19(11)29)23(33)26(36)17(21(13)31)18(28(4)5)22(32)16(24(26)34)25(27)35/h7-10,13,15-18,21,29,31,36H,6H2,1-5H3,(H2,27,35). The highest BCUT2D eigenvalue weighted by molar-refractivity contribution is 6.32. The predicted molar refractivity (Wildman–Crippen MR) is 126 cm³/mol. The molecule has 10 heteroatoms. The second kappa shape index (κ2) is 8.57. The Balaban J connectivity index is 1.95. The van der Waals surface area contributed by atoms with Gasteiger partial charge in [-0.2, -0.15) is 0 Å². The van der Waals surface area contributed by atoms with Gasteiger partial charge in [0.1, 0.15) is 5.75 Å². The van der Waals surface area contributed by atoms with Crippen molar-refractivity contribution >= 4 is 29.0 Å². The maximum atomic E-state index is 13.9. The number of benzene rings is 1. The van der Waals surface area contributed by atoms with Crippen LogP contribution in [-0.4, -0.2) is 81.1 Å². The maximum Gasteiger partial charge on any atom is 0.235 e. The largest absolute Gasteiger partial charge is 0.507 e. The molecule has 2 fully saturated rings. The summed E-state index contributed by atoms with van der Waals surface area (Å²) in [6.07, 6.45) is -0.945. The van der Waals surface area contributed by atoms with Crippen molar-refractivity contribution < 1.29 is 39.3 Å². The van der Waals surface area contributed by atoms with Crippen LogP contribution in [0.2, 0.25) is 0 Å². The molecule has 0 heterocycles. The van der Waals surface area contributed by atoms with Crippen molar-refractivity contribution in [1.82, 2.24) is 4.90 Å². The molecule has 0 radical (unpaired) electrons. The molecule has 4 rings (SSSR count). The molecule has 36 heavy (non-hydrogen) atoms. The number of phenolic OH excluding ortho intramolecular Hbond substituents is 1. The Hall–Kier alpha value is -2.95. The minimum absolute atomic E-state index is 0.0703. The number of fused-ring (bicyclic) bond motifs is 3. The first kappa shape index (κ1) is 26.1. The normalized spacial score (nSPS) is 36.8. The van der Waals surface area contributed by atoms with Gasteiger partial charge in [0, 0.05) is 5.92 Å². The fourth-order valence-corrected chi connectivity index (χ4v) is 6.62. The first-order valence-electron chi connectivity index (χ1n) is 12.1. The van der Waals surface area contributed by atoms with Crippen LogP contribution in [0, 0.1) is 23.7 Å². The van der Waals surface area contributed by atoms with Gasteiger partial charge in [-0.3, -0.25) is 28.9 Å². The number of nitrogens with zero attached hydrogens (tertiary/aromatic N) is 1. The van der Waals surface area contributed by atoms with Crippen molar-refractivity contribution in [3.05, 3.63) is 28.8 Å². The summed E-state index contributed by atoms with van der Waals surface area (Å²) >= 11 is 0. The SMILES string of the molecule is CCC(C)c1ccc2c(c1O)C(=O)C1C(=O)C3(O)C(=O)C(C(N)=O)C(=O)C(N(C)C)C3C(O)C1C2C. The minimum Gasteiger partial charge on any atom is -0.507 e. The monoisotopic (exact) mass is 500 g/mol. The van der Waals surface area contributed by atoms with Crippen molar-refractivity contribution in [2.24, 2.45) is 29.4 Å². The third kappa shape index (κ3) is 3.17. The number of amides is 1.